The van der Waals surface area contributed by atoms with E-state index in [1.54, 1.807) is 61.5 Å². The van der Waals surface area contributed by atoms with Crippen LogP contribution in [0.2, 0.25) is 0 Å². The molecule has 1 aliphatic rings. The molecule has 2 amide bonds. The van der Waals surface area contributed by atoms with Crippen LogP contribution in [0.1, 0.15) is 21.9 Å². The molecule has 0 radical (unpaired) electrons. The summed E-state index contributed by atoms with van der Waals surface area (Å²) in [5, 5.41) is 6.98. The van der Waals surface area contributed by atoms with Crippen LogP contribution in [-0.2, 0) is 9.59 Å². The highest BCUT2D eigenvalue weighted by molar-refractivity contribution is 8.00. The molecule has 0 heterocycles. The summed E-state index contributed by atoms with van der Waals surface area (Å²) in [6.45, 7) is -0.144. The second-order valence-corrected chi connectivity index (χ2v) is 9.86. The minimum absolute atomic E-state index is 0.122. The number of hydrogen-bond acceptors (Lipinski definition) is 6. The van der Waals surface area contributed by atoms with Gasteiger partial charge >= 0.3 is 0 Å². The van der Waals surface area contributed by atoms with Crippen molar-refractivity contribution < 1.29 is 19.1 Å². The highest BCUT2D eigenvalue weighted by Crippen LogP contribution is 2.49. The fraction of sp³-hybridized carbons (Fsp3) is 0.129. The maximum atomic E-state index is 12.5. The zero-order valence-corrected chi connectivity index (χ0v) is 22.1. The number of rotatable bonds is 10. The number of carbonyl (C=O) groups excluding carboxylic acids is 2. The molecule has 0 aromatic heterocycles. The van der Waals surface area contributed by atoms with Crippen LogP contribution in [0.5, 0.6) is 11.5 Å². The van der Waals surface area contributed by atoms with Crippen LogP contribution in [0, 0.1) is 0 Å². The van der Waals surface area contributed by atoms with Gasteiger partial charge in [-0.1, -0.05) is 60.7 Å². The van der Waals surface area contributed by atoms with Gasteiger partial charge in [0.05, 0.1) is 30.0 Å². The largest absolute Gasteiger partial charge is 0.495 e. The molecule has 2 N–H and O–H groups in total. The average molecular weight is 538 g/mol. The second-order valence-electron chi connectivity index (χ2n) is 8.76. The van der Waals surface area contributed by atoms with E-state index in [1.807, 2.05) is 36.4 Å². The Balaban J connectivity index is 1.08. The first-order valence-electron chi connectivity index (χ1n) is 12.4. The van der Waals surface area contributed by atoms with Gasteiger partial charge in [-0.15, -0.1) is 11.8 Å². The van der Waals surface area contributed by atoms with Crippen LogP contribution in [-0.4, -0.2) is 37.5 Å². The Bertz CT molecular complexity index is 1460. The quantitative estimate of drug-likeness (QED) is 0.201. The first-order chi connectivity index (χ1) is 19.1. The summed E-state index contributed by atoms with van der Waals surface area (Å²) in [7, 11) is 1.55. The number of ether oxygens (including phenoxy) is 2. The molecule has 8 heteroatoms. The van der Waals surface area contributed by atoms with Crippen LogP contribution in [0.15, 0.2) is 102 Å². The van der Waals surface area contributed by atoms with Crippen LogP contribution < -0.4 is 20.2 Å². The Hall–Kier alpha value is -4.56. The summed E-state index contributed by atoms with van der Waals surface area (Å²) in [4.78, 5) is 24.7. The molecule has 1 aliphatic carbocycles. The number of amides is 2. The van der Waals surface area contributed by atoms with Crippen LogP contribution >= 0.6 is 11.8 Å². The standard InChI is InChI=1S/C31H27N3O4S/c1-37-28-13-7-6-12-27(28)33-29(35)19-38-22-16-14-21(15-17-22)18-32-34-30(36)20-39-31-25-10-4-2-8-23(25)24-9-3-5-11-26(24)31/h2-18,31H,19-20H2,1H3,(H,33,35)(H,34,36)/b32-18+. The molecular formula is C31H27N3O4S. The Morgan fingerprint density at radius 2 is 1.49 bits per heavy atom. The summed E-state index contributed by atoms with van der Waals surface area (Å²) in [6, 6.07) is 30.9. The topological polar surface area (TPSA) is 89.0 Å². The van der Waals surface area contributed by atoms with E-state index in [0.29, 0.717) is 17.2 Å². The Morgan fingerprint density at radius 3 is 2.18 bits per heavy atom. The lowest BCUT2D eigenvalue weighted by Gasteiger charge is -2.12. The van der Waals surface area contributed by atoms with Crippen LogP contribution in [0.3, 0.4) is 0 Å². The third-order valence-electron chi connectivity index (χ3n) is 6.19. The van der Waals surface area contributed by atoms with E-state index in [1.165, 1.54) is 22.3 Å². The number of benzene rings is 4. The fourth-order valence-electron chi connectivity index (χ4n) is 4.39. The van der Waals surface area contributed by atoms with Gasteiger partial charge < -0.3 is 14.8 Å². The zero-order chi connectivity index (χ0) is 27.0. The molecule has 0 spiro atoms. The van der Waals surface area contributed by atoms with Crippen LogP contribution in [0.25, 0.3) is 11.1 Å². The van der Waals surface area contributed by atoms with Gasteiger partial charge in [-0.05, 0) is 64.2 Å². The Morgan fingerprint density at radius 1 is 0.846 bits per heavy atom. The number of hydrogen-bond donors (Lipinski definition) is 2. The minimum atomic E-state index is -0.296. The van der Waals surface area contributed by atoms with Crippen molar-refractivity contribution in [1.29, 1.82) is 0 Å². The maximum Gasteiger partial charge on any atom is 0.262 e. The number of hydrazone groups is 1. The van der Waals surface area contributed by atoms with Gasteiger partial charge in [0, 0.05) is 0 Å². The number of nitrogens with one attached hydrogen (secondary N) is 2. The van der Waals surface area contributed by atoms with E-state index in [9.17, 15) is 9.59 Å². The lowest BCUT2D eigenvalue weighted by molar-refractivity contribution is -0.119. The summed E-state index contributed by atoms with van der Waals surface area (Å²) >= 11 is 1.59. The van der Waals surface area contributed by atoms with E-state index in [0.717, 1.165) is 5.56 Å². The van der Waals surface area contributed by atoms with E-state index >= 15 is 0 Å². The normalized spacial score (nSPS) is 12.0. The number of para-hydroxylation sites is 2. The predicted molar refractivity (Wildman–Crippen MR) is 155 cm³/mol. The van der Waals surface area contributed by atoms with E-state index < -0.39 is 0 Å². The smallest absolute Gasteiger partial charge is 0.262 e. The Labute approximate surface area is 231 Å². The molecule has 0 fully saturated rings. The second kappa shape index (κ2) is 12.3. The van der Waals surface area contributed by atoms with Gasteiger partial charge in [-0.2, -0.15) is 5.10 Å². The van der Waals surface area contributed by atoms with E-state index in [2.05, 4.69) is 40.1 Å². The van der Waals surface area contributed by atoms with E-state index in [-0.39, 0.29) is 29.4 Å². The van der Waals surface area contributed by atoms with Gasteiger partial charge in [-0.25, -0.2) is 5.43 Å². The van der Waals surface area contributed by atoms with Gasteiger partial charge in [-0.3, -0.25) is 9.59 Å². The lowest BCUT2D eigenvalue weighted by atomic mass is 10.1. The summed E-state index contributed by atoms with van der Waals surface area (Å²) in [6.07, 6.45) is 1.57. The lowest BCUT2D eigenvalue weighted by Crippen LogP contribution is -2.20. The third kappa shape index (κ3) is 6.30. The molecule has 196 valence electrons. The monoisotopic (exact) mass is 537 g/mol. The molecule has 0 saturated heterocycles. The first-order valence-corrected chi connectivity index (χ1v) is 13.4. The van der Waals surface area contributed by atoms with Gasteiger partial charge in [0.25, 0.3) is 5.91 Å². The summed E-state index contributed by atoms with van der Waals surface area (Å²) in [5.74, 6) is 0.942. The predicted octanol–water partition coefficient (Wildman–Crippen LogP) is 5.67. The molecule has 7 nitrogen and oxygen atoms in total. The molecule has 39 heavy (non-hydrogen) atoms. The number of nitrogens with zero attached hydrogens (tertiary/aromatic N) is 1. The number of carbonyl (C=O) groups is 2. The van der Waals surface area contributed by atoms with Crippen molar-refractivity contribution in [2.45, 2.75) is 5.25 Å². The van der Waals surface area contributed by atoms with E-state index in [4.69, 9.17) is 9.47 Å². The summed E-state index contributed by atoms with van der Waals surface area (Å²) in [5.41, 5.74) is 8.90. The molecule has 0 bridgehead atoms. The van der Waals surface area contributed by atoms with Crippen molar-refractivity contribution in [2.24, 2.45) is 5.10 Å². The van der Waals surface area contributed by atoms with Crippen molar-refractivity contribution in [3.8, 4) is 22.6 Å². The summed E-state index contributed by atoms with van der Waals surface area (Å²) < 4.78 is 10.8. The average Bonchev–Trinajstić information content (AvgIpc) is 3.29. The molecule has 4 aromatic carbocycles. The molecule has 0 atom stereocenters. The van der Waals surface area contributed by atoms with Crippen molar-refractivity contribution in [2.75, 3.05) is 24.8 Å². The highest BCUT2D eigenvalue weighted by atomic mass is 32.2. The molecule has 4 aromatic rings. The molecule has 0 saturated carbocycles. The van der Waals surface area contributed by atoms with Gasteiger partial charge in [0.15, 0.2) is 6.61 Å². The SMILES string of the molecule is COc1ccccc1NC(=O)COc1ccc(/C=N/NC(=O)CSC2c3ccccc3-c3ccccc32)cc1. The van der Waals surface area contributed by atoms with Crippen molar-refractivity contribution in [3.05, 3.63) is 114 Å². The van der Waals surface area contributed by atoms with Crippen molar-refractivity contribution >= 4 is 35.5 Å². The fourth-order valence-corrected chi connectivity index (χ4v) is 5.55. The molecule has 0 unspecified atom stereocenters. The van der Waals surface area contributed by atoms with Gasteiger partial charge in [0.1, 0.15) is 11.5 Å². The maximum absolute atomic E-state index is 12.5. The van der Waals surface area contributed by atoms with Crippen molar-refractivity contribution in [3.63, 3.8) is 0 Å². The van der Waals surface area contributed by atoms with Crippen LogP contribution in [0.4, 0.5) is 5.69 Å². The minimum Gasteiger partial charge on any atom is -0.495 e. The number of thioether (sulfide) groups is 1. The molecule has 5 rings (SSSR count). The molecule has 0 aliphatic heterocycles. The zero-order valence-electron chi connectivity index (χ0n) is 21.3. The highest BCUT2D eigenvalue weighted by Gasteiger charge is 2.28. The number of fused-ring (bicyclic) bond motifs is 3. The number of anilines is 1. The van der Waals surface area contributed by atoms with Crippen molar-refractivity contribution in [1.82, 2.24) is 5.43 Å². The number of methoxy groups -OCH3 is 1. The molecular weight excluding hydrogens is 510 g/mol. The first kappa shape index (κ1) is 26.1. The van der Waals surface area contributed by atoms with Gasteiger partial charge in [0.2, 0.25) is 5.91 Å². The Kier molecular flexibility index (Phi) is 8.23. The third-order valence-corrected chi connectivity index (χ3v) is 7.46.